The first-order valence-corrected chi connectivity index (χ1v) is 7.21. The number of nitrogens with one attached hydrogen (secondary N) is 1. The van der Waals surface area contributed by atoms with Crippen LogP contribution in [0, 0.1) is 0 Å². The van der Waals surface area contributed by atoms with Crippen molar-refractivity contribution in [3.05, 3.63) is 34.9 Å². The summed E-state index contributed by atoms with van der Waals surface area (Å²) in [6, 6.07) is 5.55. The molecule has 0 unspecified atom stereocenters. The molecule has 22 heavy (non-hydrogen) atoms. The Labute approximate surface area is 133 Å². The fourth-order valence-corrected chi connectivity index (χ4v) is 2.64. The van der Waals surface area contributed by atoms with Gasteiger partial charge in [-0.15, -0.1) is 0 Å². The van der Waals surface area contributed by atoms with E-state index in [-0.39, 0.29) is 24.4 Å². The van der Waals surface area contributed by atoms with Crippen LogP contribution in [0.1, 0.15) is 23.7 Å². The summed E-state index contributed by atoms with van der Waals surface area (Å²) < 4.78 is 4.71. The number of esters is 1. The van der Waals surface area contributed by atoms with Gasteiger partial charge >= 0.3 is 5.97 Å². The second-order valence-corrected chi connectivity index (χ2v) is 5.56. The standard InChI is InChI=1S/C15H17ClN2O4/c1-9(19)18-8-12(7-13(18)15(21)22-2)17-14(20)10-3-5-11(16)6-4-10/h3-6,12-13H,7-8H2,1-2H3,(H,17,20)/t12-,13-/m0/s1. The first-order chi connectivity index (χ1) is 10.4. The number of amides is 2. The van der Waals surface area contributed by atoms with Gasteiger partial charge in [-0.1, -0.05) is 11.6 Å². The van der Waals surface area contributed by atoms with Crippen molar-refractivity contribution < 1.29 is 19.1 Å². The lowest BCUT2D eigenvalue weighted by atomic mass is 10.1. The second-order valence-electron chi connectivity index (χ2n) is 5.12. The summed E-state index contributed by atoms with van der Waals surface area (Å²) in [6.45, 7) is 1.67. The van der Waals surface area contributed by atoms with Crippen LogP contribution in [-0.2, 0) is 14.3 Å². The van der Waals surface area contributed by atoms with E-state index in [9.17, 15) is 14.4 Å². The highest BCUT2D eigenvalue weighted by Crippen LogP contribution is 2.20. The predicted molar refractivity (Wildman–Crippen MR) is 80.5 cm³/mol. The Morgan fingerprint density at radius 3 is 2.45 bits per heavy atom. The van der Waals surface area contributed by atoms with Crippen molar-refractivity contribution in [1.82, 2.24) is 10.2 Å². The Morgan fingerprint density at radius 1 is 1.27 bits per heavy atom. The summed E-state index contributed by atoms with van der Waals surface area (Å²) in [6.07, 6.45) is 0.339. The van der Waals surface area contributed by atoms with Gasteiger partial charge in [0.2, 0.25) is 5.91 Å². The van der Waals surface area contributed by atoms with E-state index in [4.69, 9.17) is 16.3 Å². The molecule has 1 aromatic rings. The number of likely N-dealkylation sites (tertiary alicyclic amines) is 1. The maximum atomic E-state index is 12.2. The van der Waals surface area contributed by atoms with Crippen molar-refractivity contribution in [2.45, 2.75) is 25.4 Å². The molecular weight excluding hydrogens is 308 g/mol. The summed E-state index contributed by atoms with van der Waals surface area (Å²) in [5.74, 6) is -0.965. The van der Waals surface area contributed by atoms with Gasteiger partial charge in [0.1, 0.15) is 6.04 Å². The molecular formula is C15H17ClN2O4. The third-order valence-electron chi connectivity index (χ3n) is 3.62. The smallest absolute Gasteiger partial charge is 0.328 e. The highest BCUT2D eigenvalue weighted by atomic mass is 35.5. The number of halogens is 1. The molecule has 0 aliphatic carbocycles. The zero-order chi connectivity index (χ0) is 16.3. The molecule has 118 valence electrons. The van der Waals surface area contributed by atoms with Crippen molar-refractivity contribution in [1.29, 1.82) is 0 Å². The molecule has 1 aromatic carbocycles. The largest absolute Gasteiger partial charge is 0.467 e. The molecule has 1 aliphatic heterocycles. The molecule has 1 saturated heterocycles. The Hall–Kier alpha value is -2.08. The third kappa shape index (κ3) is 3.57. The minimum absolute atomic E-state index is 0.223. The molecule has 2 rings (SSSR count). The number of hydrogen-bond acceptors (Lipinski definition) is 4. The predicted octanol–water partition coefficient (Wildman–Crippen LogP) is 1.23. The Bertz CT molecular complexity index is 588. The first-order valence-electron chi connectivity index (χ1n) is 6.84. The maximum Gasteiger partial charge on any atom is 0.328 e. The number of rotatable bonds is 3. The Kier molecular flexibility index (Phi) is 5.03. The lowest BCUT2D eigenvalue weighted by Crippen LogP contribution is -2.40. The molecule has 1 heterocycles. The highest BCUT2D eigenvalue weighted by molar-refractivity contribution is 6.30. The first kappa shape index (κ1) is 16.3. The van der Waals surface area contributed by atoms with Crippen molar-refractivity contribution in [2.24, 2.45) is 0 Å². The lowest BCUT2D eigenvalue weighted by molar-refractivity contribution is -0.150. The number of methoxy groups -OCH3 is 1. The summed E-state index contributed by atoms with van der Waals surface area (Å²) in [4.78, 5) is 36.9. The van der Waals surface area contributed by atoms with Gasteiger partial charge in [-0.3, -0.25) is 9.59 Å². The van der Waals surface area contributed by atoms with Crippen molar-refractivity contribution in [2.75, 3.05) is 13.7 Å². The number of hydrogen-bond donors (Lipinski definition) is 1. The number of carbonyl (C=O) groups excluding carboxylic acids is 3. The summed E-state index contributed by atoms with van der Waals surface area (Å²) in [5.41, 5.74) is 0.472. The average molecular weight is 325 g/mol. The molecule has 2 atom stereocenters. The van der Waals surface area contributed by atoms with E-state index in [2.05, 4.69) is 5.32 Å². The number of nitrogens with zero attached hydrogens (tertiary/aromatic N) is 1. The van der Waals surface area contributed by atoms with Crippen LogP contribution >= 0.6 is 11.6 Å². The molecule has 2 amide bonds. The third-order valence-corrected chi connectivity index (χ3v) is 3.87. The van der Waals surface area contributed by atoms with Crippen LogP contribution in [0.2, 0.25) is 5.02 Å². The lowest BCUT2D eigenvalue weighted by Gasteiger charge is -2.20. The average Bonchev–Trinajstić information content (AvgIpc) is 2.91. The number of carbonyl (C=O) groups is 3. The number of benzene rings is 1. The molecule has 1 N–H and O–H groups in total. The summed E-state index contributed by atoms with van der Waals surface area (Å²) in [5, 5.41) is 3.37. The van der Waals surface area contributed by atoms with E-state index in [1.165, 1.54) is 18.9 Å². The van der Waals surface area contributed by atoms with Gasteiger partial charge in [0, 0.05) is 36.5 Å². The fourth-order valence-electron chi connectivity index (χ4n) is 2.52. The van der Waals surface area contributed by atoms with Crippen LogP contribution in [0.5, 0.6) is 0 Å². The Morgan fingerprint density at radius 2 is 1.91 bits per heavy atom. The van der Waals surface area contributed by atoms with Gasteiger partial charge in [-0.05, 0) is 24.3 Å². The SMILES string of the molecule is COC(=O)[C@@H]1C[C@H](NC(=O)c2ccc(Cl)cc2)CN1C(C)=O. The maximum absolute atomic E-state index is 12.2. The van der Waals surface area contributed by atoms with E-state index < -0.39 is 12.0 Å². The topological polar surface area (TPSA) is 75.7 Å². The summed E-state index contributed by atoms with van der Waals surface area (Å²) >= 11 is 5.78. The second kappa shape index (κ2) is 6.79. The van der Waals surface area contributed by atoms with Gasteiger partial charge in [0.05, 0.1) is 7.11 Å². The van der Waals surface area contributed by atoms with E-state index in [0.29, 0.717) is 17.0 Å². The van der Waals surface area contributed by atoms with Gasteiger partial charge < -0.3 is 15.0 Å². The van der Waals surface area contributed by atoms with Gasteiger partial charge in [-0.25, -0.2) is 4.79 Å². The van der Waals surface area contributed by atoms with Gasteiger partial charge in [-0.2, -0.15) is 0 Å². The quantitative estimate of drug-likeness (QED) is 0.849. The van der Waals surface area contributed by atoms with Crippen LogP contribution in [0.15, 0.2) is 24.3 Å². The minimum Gasteiger partial charge on any atom is -0.467 e. The van der Waals surface area contributed by atoms with E-state index in [1.54, 1.807) is 24.3 Å². The van der Waals surface area contributed by atoms with E-state index in [1.807, 2.05) is 0 Å². The molecule has 6 nitrogen and oxygen atoms in total. The molecule has 1 aliphatic rings. The van der Waals surface area contributed by atoms with Crippen LogP contribution in [0.3, 0.4) is 0 Å². The normalized spacial score (nSPS) is 20.6. The van der Waals surface area contributed by atoms with Gasteiger partial charge in [0.15, 0.2) is 0 Å². The van der Waals surface area contributed by atoms with Crippen LogP contribution in [-0.4, -0.2) is 48.4 Å². The van der Waals surface area contributed by atoms with Crippen LogP contribution in [0.4, 0.5) is 0 Å². The van der Waals surface area contributed by atoms with Crippen LogP contribution in [0.25, 0.3) is 0 Å². The zero-order valence-corrected chi connectivity index (χ0v) is 13.1. The number of ether oxygens (including phenoxy) is 1. The van der Waals surface area contributed by atoms with Crippen molar-refractivity contribution in [3.8, 4) is 0 Å². The van der Waals surface area contributed by atoms with E-state index >= 15 is 0 Å². The highest BCUT2D eigenvalue weighted by Gasteiger charge is 2.39. The summed E-state index contributed by atoms with van der Waals surface area (Å²) in [7, 11) is 1.28. The molecule has 0 aromatic heterocycles. The van der Waals surface area contributed by atoms with E-state index in [0.717, 1.165) is 0 Å². The van der Waals surface area contributed by atoms with Gasteiger partial charge in [0.25, 0.3) is 5.91 Å². The fraction of sp³-hybridized carbons (Fsp3) is 0.400. The molecule has 0 spiro atoms. The van der Waals surface area contributed by atoms with Crippen molar-refractivity contribution in [3.63, 3.8) is 0 Å². The monoisotopic (exact) mass is 324 g/mol. The Balaban J connectivity index is 2.04. The molecule has 0 saturated carbocycles. The van der Waals surface area contributed by atoms with Crippen LogP contribution < -0.4 is 5.32 Å². The van der Waals surface area contributed by atoms with Crippen molar-refractivity contribution >= 4 is 29.4 Å². The molecule has 1 fully saturated rings. The molecule has 0 bridgehead atoms. The minimum atomic E-state index is -0.655. The molecule has 7 heteroatoms. The molecule has 0 radical (unpaired) electrons. The zero-order valence-electron chi connectivity index (χ0n) is 12.3.